The molecule has 1 saturated heterocycles. The molecule has 0 saturated carbocycles. The molecular formula is C18H19NO5S. The van der Waals surface area contributed by atoms with Crippen LogP contribution in [0.15, 0.2) is 30.3 Å². The van der Waals surface area contributed by atoms with Crippen LogP contribution in [0.5, 0.6) is 5.75 Å². The van der Waals surface area contributed by atoms with Gasteiger partial charge in [0.15, 0.2) is 0 Å². The van der Waals surface area contributed by atoms with E-state index in [0.29, 0.717) is 10.6 Å². The number of amides is 1. The van der Waals surface area contributed by atoms with Gasteiger partial charge in [-0.3, -0.25) is 4.79 Å². The van der Waals surface area contributed by atoms with Gasteiger partial charge in [-0.25, -0.2) is 4.79 Å². The Kier molecular flexibility index (Phi) is 5.35. The molecule has 6 nitrogen and oxygen atoms in total. The third-order valence-electron chi connectivity index (χ3n) is 3.94. The molecule has 1 amide bonds. The van der Waals surface area contributed by atoms with Crippen molar-refractivity contribution in [3.8, 4) is 5.75 Å². The van der Waals surface area contributed by atoms with Crippen molar-refractivity contribution in [3.63, 3.8) is 0 Å². The van der Waals surface area contributed by atoms with E-state index in [0.717, 1.165) is 48.7 Å². The third-order valence-corrected chi connectivity index (χ3v) is 5.01. The molecule has 7 heteroatoms. The second-order valence-corrected chi connectivity index (χ2v) is 6.92. The Hall–Kier alpha value is -2.38. The lowest BCUT2D eigenvalue weighted by molar-refractivity contribution is 0.0253. The molecule has 0 unspecified atom stereocenters. The Morgan fingerprint density at radius 2 is 1.92 bits per heavy atom. The average Bonchev–Trinajstić information content (AvgIpc) is 3.09. The van der Waals surface area contributed by atoms with Crippen LogP contribution in [-0.2, 0) is 4.74 Å². The molecule has 2 heterocycles. The number of aryl methyl sites for hydroxylation is 1. The molecule has 1 aromatic carbocycles. The van der Waals surface area contributed by atoms with Crippen molar-refractivity contribution in [1.82, 2.24) is 0 Å². The van der Waals surface area contributed by atoms with Gasteiger partial charge in [0.2, 0.25) is 0 Å². The highest BCUT2D eigenvalue weighted by molar-refractivity contribution is 7.15. The first-order chi connectivity index (χ1) is 12.0. The van der Waals surface area contributed by atoms with Crippen molar-refractivity contribution in [3.05, 3.63) is 45.6 Å². The van der Waals surface area contributed by atoms with Gasteiger partial charge in [-0.2, -0.15) is 0 Å². The zero-order valence-corrected chi connectivity index (χ0v) is 14.6. The molecule has 3 rings (SSSR count). The molecule has 1 aromatic heterocycles. The quantitative estimate of drug-likeness (QED) is 0.850. The van der Waals surface area contributed by atoms with Crippen molar-refractivity contribution in [1.29, 1.82) is 0 Å². The third kappa shape index (κ3) is 4.37. The van der Waals surface area contributed by atoms with Crippen LogP contribution in [0.1, 0.15) is 37.7 Å². The maximum absolute atomic E-state index is 12.2. The predicted molar refractivity (Wildman–Crippen MR) is 94.9 cm³/mol. The van der Waals surface area contributed by atoms with Crippen LogP contribution in [0.3, 0.4) is 0 Å². The Morgan fingerprint density at radius 1 is 1.20 bits per heavy atom. The van der Waals surface area contributed by atoms with Gasteiger partial charge in [-0.05, 0) is 42.8 Å². The SMILES string of the molecule is Cc1cc(NC(=O)c2ccc(C(=O)O)s2)ccc1OC1CCOCC1. The summed E-state index contributed by atoms with van der Waals surface area (Å²) in [7, 11) is 0. The second-order valence-electron chi connectivity index (χ2n) is 5.83. The van der Waals surface area contributed by atoms with Crippen LogP contribution in [0.4, 0.5) is 5.69 Å². The Bertz CT molecular complexity index is 780. The van der Waals surface area contributed by atoms with E-state index >= 15 is 0 Å². The molecule has 0 spiro atoms. The maximum Gasteiger partial charge on any atom is 0.345 e. The van der Waals surface area contributed by atoms with Gasteiger partial charge in [0.05, 0.1) is 18.1 Å². The summed E-state index contributed by atoms with van der Waals surface area (Å²) in [6.07, 6.45) is 1.91. The van der Waals surface area contributed by atoms with Crippen LogP contribution >= 0.6 is 11.3 Å². The van der Waals surface area contributed by atoms with E-state index in [4.69, 9.17) is 14.6 Å². The van der Waals surface area contributed by atoms with Gasteiger partial charge >= 0.3 is 5.97 Å². The smallest absolute Gasteiger partial charge is 0.345 e. The molecule has 0 bridgehead atoms. The fraction of sp³-hybridized carbons (Fsp3) is 0.333. The van der Waals surface area contributed by atoms with Gasteiger partial charge in [0.1, 0.15) is 16.7 Å². The molecule has 0 atom stereocenters. The zero-order chi connectivity index (χ0) is 17.8. The molecule has 1 fully saturated rings. The molecule has 2 N–H and O–H groups in total. The Morgan fingerprint density at radius 3 is 2.56 bits per heavy atom. The summed E-state index contributed by atoms with van der Waals surface area (Å²) >= 11 is 0.951. The number of rotatable bonds is 5. The van der Waals surface area contributed by atoms with E-state index in [1.165, 1.54) is 12.1 Å². The van der Waals surface area contributed by atoms with Crippen molar-refractivity contribution in [2.45, 2.75) is 25.9 Å². The highest BCUT2D eigenvalue weighted by Crippen LogP contribution is 2.26. The number of nitrogens with one attached hydrogen (secondary N) is 1. The standard InChI is InChI=1S/C18H19NO5S/c1-11-10-12(2-3-14(11)24-13-6-8-23-9-7-13)19-17(20)15-4-5-16(25-15)18(21)22/h2-5,10,13H,6-9H2,1H3,(H,19,20)(H,21,22). The van der Waals surface area contributed by atoms with E-state index in [2.05, 4.69) is 5.32 Å². The highest BCUT2D eigenvalue weighted by atomic mass is 32.1. The number of hydrogen-bond acceptors (Lipinski definition) is 5. The number of benzene rings is 1. The first kappa shape index (κ1) is 17.4. The number of ether oxygens (including phenoxy) is 2. The number of carbonyl (C=O) groups excluding carboxylic acids is 1. The molecular weight excluding hydrogens is 342 g/mol. The molecule has 132 valence electrons. The summed E-state index contributed by atoms with van der Waals surface area (Å²) in [4.78, 5) is 23.6. The van der Waals surface area contributed by atoms with E-state index < -0.39 is 5.97 Å². The van der Waals surface area contributed by atoms with Gasteiger partial charge in [0.25, 0.3) is 5.91 Å². The van der Waals surface area contributed by atoms with Gasteiger partial charge < -0.3 is 19.9 Å². The molecule has 1 aliphatic rings. The van der Waals surface area contributed by atoms with Crippen LogP contribution in [0.25, 0.3) is 0 Å². The first-order valence-corrected chi connectivity index (χ1v) is 8.84. The fourth-order valence-corrected chi connectivity index (χ4v) is 3.34. The van der Waals surface area contributed by atoms with Crippen molar-refractivity contribution in [2.24, 2.45) is 0 Å². The zero-order valence-electron chi connectivity index (χ0n) is 13.8. The number of anilines is 1. The van der Waals surface area contributed by atoms with Crippen molar-refractivity contribution in [2.75, 3.05) is 18.5 Å². The number of hydrogen-bond donors (Lipinski definition) is 2. The minimum atomic E-state index is -1.03. The van der Waals surface area contributed by atoms with Crippen molar-refractivity contribution >= 4 is 28.9 Å². The van der Waals surface area contributed by atoms with E-state index in [-0.39, 0.29) is 16.9 Å². The van der Waals surface area contributed by atoms with Crippen molar-refractivity contribution < 1.29 is 24.2 Å². The fourth-order valence-electron chi connectivity index (χ4n) is 2.60. The lowest BCUT2D eigenvalue weighted by Crippen LogP contribution is -2.26. The van der Waals surface area contributed by atoms with Crippen LogP contribution < -0.4 is 10.1 Å². The second kappa shape index (κ2) is 7.67. The van der Waals surface area contributed by atoms with E-state index in [1.807, 2.05) is 19.1 Å². The number of thiophene rings is 1. The Balaban J connectivity index is 1.65. The van der Waals surface area contributed by atoms with Gasteiger partial charge in [0, 0.05) is 18.5 Å². The molecule has 25 heavy (non-hydrogen) atoms. The summed E-state index contributed by atoms with van der Waals surface area (Å²) in [6, 6.07) is 8.41. The monoisotopic (exact) mass is 361 g/mol. The molecule has 1 aliphatic heterocycles. The lowest BCUT2D eigenvalue weighted by Gasteiger charge is -2.24. The normalized spacial score (nSPS) is 14.9. The number of aromatic carboxylic acids is 1. The van der Waals surface area contributed by atoms with E-state index in [1.54, 1.807) is 6.07 Å². The number of carboxylic acid groups (broad SMARTS) is 1. The largest absolute Gasteiger partial charge is 0.490 e. The van der Waals surface area contributed by atoms with Gasteiger partial charge in [-0.15, -0.1) is 11.3 Å². The van der Waals surface area contributed by atoms with Gasteiger partial charge in [-0.1, -0.05) is 0 Å². The summed E-state index contributed by atoms with van der Waals surface area (Å²) in [6.45, 7) is 3.37. The highest BCUT2D eigenvalue weighted by Gasteiger charge is 2.17. The molecule has 2 aromatic rings. The van der Waals surface area contributed by atoms with Crippen LogP contribution in [0, 0.1) is 6.92 Å². The van der Waals surface area contributed by atoms with Crippen LogP contribution in [-0.4, -0.2) is 36.3 Å². The molecule has 0 aliphatic carbocycles. The topological polar surface area (TPSA) is 84.9 Å². The summed E-state index contributed by atoms with van der Waals surface area (Å²) < 4.78 is 11.3. The predicted octanol–water partition coefficient (Wildman–Crippen LogP) is 3.56. The summed E-state index contributed by atoms with van der Waals surface area (Å²) in [5.74, 6) is -0.557. The number of carboxylic acids is 1. The van der Waals surface area contributed by atoms with E-state index in [9.17, 15) is 9.59 Å². The number of carbonyl (C=O) groups is 2. The lowest BCUT2D eigenvalue weighted by atomic mass is 10.1. The van der Waals surface area contributed by atoms with Crippen LogP contribution in [0.2, 0.25) is 0 Å². The molecule has 0 radical (unpaired) electrons. The average molecular weight is 361 g/mol. The summed E-state index contributed by atoms with van der Waals surface area (Å²) in [5, 5.41) is 11.7. The minimum absolute atomic E-state index is 0.140. The first-order valence-electron chi connectivity index (χ1n) is 8.02. The minimum Gasteiger partial charge on any atom is -0.490 e. The Labute approximate surface area is 149 Å². The maximum atomic E-state index is 12.2. The summed E-state index contributed by atoms with van der Waals surface area (Å²) in [5.41, 5.74) is 1.58.